The number of diazo groups is 1. The Bertz CT molecular complexity index is 717. The highest BCUT2D eigenvalue weighted by Gasteiger charge is 2.16. The number of nitrogens with one attached hydrogen (secondary N) is 2. The number of anilines is 2. The monoisotopic (exact) mass is 334 g/mol. The van der Waals surface area contributed by atoms with Gasteiger partial charge in [0, 0.05) is 17.7 Å². The molecule has 0 aliphatic heterocycles. The van der Waals surface area contributed by atoms with Crippen molar-refractivity contribution < 1.29 is 26.7 Å². The van der Waals surface area contributed by atoms with Gasteiger partial charge in [-0.25, -0.2) is 0 Å². The van der Waals surface area contributed by atoms with Crippen LogP contribution in [0.5, 0.6) is 11.5 Å². The van der Waals surface area contributed by atoms with Crippen molar-refractivity contribution in [1.82, 2.24) is 0 Å². The van der Waals surface area contributed by atoms with Crippen LogP contribution in [0.15, 0.2) is 42.5 Å². The summed E-state index contributed by atoms with van der Waals surface area (Å²) in [4.78, 5) is 12.2. The van der Waals surface area contributed by atoms with Gasteiger partial charge in [0.05, 0.1) is 19.9 Å². The molecule has 0 aliphatic carbocycles. The van der Waals surface area contributed by atoms with Crippen LogP contribution in [0.25, 0.3) is 5.08 Å². The third kappa shape index (κ3) is 4.25. The molecule has 23 heavy (non-hydrogen) atoms. The molecule has 0 aromatic heterocycles. The quantitative estimate of drug-likeness (QED) is 0.600. The highest BCUT2D eigenvalue weighted by molar-refractivity contribution is 6.05. The number of methoxy groups -OCH3 is 2. The molecular formula is C15H15ClN4O3. The molecule has 120 valence electrons. The van der Waals surface area contributed by atoms with Crippen LogP contribution in [0.4, 0.5) is 11.4 Å². The highest BCUT2D eigenvalue weighted by atomic mass is 35.5. The lowest BCUT2D eigenvalue weighted by molar-refractivity contribution is -0.0000128. The van der Waals surface area contributed by atoms with Gasteiger partial charge >= 0.3 is 5.08 Å². The molecule has 0 heterocycles. The normalized spacial score (nSPS) is 9.09. The van der Waals surface area contributed by atoms with E-state index in [1.54, 1.807) is 36.4 Å². The van der Waals surface area contributed by atoms with Gasteiger partial charge in [0.2, 0.25) is 0 Å². The van der Waals surface area contributed by atoms with E-state index < -0.39 is 0 Å². The van der Waals surface area contributed by atoms with Crippen molar-refractivity contribution in [2.45, 2.75) is 0 Å². The van der Waals surface area contributed by atoms with Crippen LogP contribution in [-0.4, -0.2) is 20.1 Å². The van der Waals surface area contributed by atoms with Crippen LogP contribution in [0.1, 0.15) is 10.4 Å². The SMILES string of the molecule is COc1cc(NC(=O)c2ccccc2)c(OC)cc1N[N+]#N.[Cl-]. The molecule has 1 amide bonds. The largest absolute Gasteiger partial charge is 1.00 e. The number of carbonyl (C=O) groups excluding carboxylic acids is 1. The Labute approximate surface area is 139 Å². The van der Waals surface area contributed by atoms with E-state index in [0.29, 0.717) is 28.4 Å². The second-order valence-electron chi connectivity index (χ2n) is 4.28. The molecule has 0 spiro atoms. The van der Waals surface area contributed by atoms with Gasteiger partial charge in [-0.1, -0.05) is 18.2 Å². The van der Waals surface area contributed by atoms with Crippen molar-refractivity contribution >= 4 is 17.3 Å². The molecule has 0 radical (unpaired) electrons. The number of ether oxygens (including phenoxy) is 2. The Balaban J connectivity index is 0.00000264. The molecule has 2 rings (SSSR count). The molecule has 8 heteroatoms. The molecule has 2 N–H and O–H groups in total. The van der Waals surface area contributed by atoms with E-state index in [0.717, 1.165) is 0 Å². The van der Waals surface area contributed by atoms with E-state index in [1.165, 1.54) is 14.2 Å². The summed E-state index contributed by atoms with van der Waals surface area (Å²) in [6, 6.07) is 11.9. The first-order valence-electron chi connectivity index (χ1n) is 6.42. The summed E-state index contributed by atoms with van der Waals surface area (Å²) in [5.41, 5.74) is 3.74. The van der Waals surface area contributed by atoms with Gasteiger partial charge < -0.3 is 27.2 Å². The van der Waals surface area contributed by atoms with Gasteiger partial charge in [0.25, 0.3) is 11.3 Å². The second-order valence-corrected chi connectivity index (χ2v) is 4.28. The first-order chi connectivity index (χ1) is 10.7. The average molecular weight is 335 g/mol. The van der Waals surface area contributed by atoms with Gasteiger partial charge in [-0.2, -0.15) is 0 Å². The minimum atomic E-state index is -0.270. The molecule has 0 atom stereocenters. The third-order valence-electron chi connectivity index (χ3n) is 2.98. The maximum Gasteiger partial charge on any atom is 0.308 e. The predicted octanol–water partition coefficient (Wildman–Crippen LogP) is 0.140. The molecule has 0 aliphatic rings. The summed E-state index contributed by atoms with van der Waals surface area (Å²) in [6.07, 6.45) is 0. The molecule has 2 aromatic rings. The van der Waals surface area contributed by atoms with Crippen LogP contribution in [0.3, 0.4) is 0 Å². The Kier molecular flexibility index (Phi) is 6.65. The van der Waals surface area contributed by atoms with Crippen LogP contribution >= 0.6 is 0 Å². The van der Waals surface area contributed by atoms with Gasteiger partial charge in [0.15, 0.2) is 11.4 Å². The number of halogens is 1. The number of rotatable bonds is 5. The van der Waals surface area contributed by atoms with Gasteiger partial charge in [-0.3, -0.25) is 4.79 Å². The van der Waals surface area contributed by atoms with Crippen molar-refractivity contribution in [3.8, 4) is 11.5 Å². The van der Waals surface area contributed by atoms with E-state index in [1.807, 2.05) is 6.07 Å². The Morgan fingerprint density at radius 2 is 1.61 bits per heavy atom. The fourth-order valence-electron chi connectivity index (χ4n) is 1.92. The summed E-state index contributed by atoms with van der Waals surface area (Å²) < 4.78 is 10.4. The van der Waals surface area contributed by atoms with Gasteiger partial charge in [-0.05, 0) is 17.6 Å². The van der Waals surface area contributed by atoms with Crippen LogP contribution < -0.4 is 32.6 Å². The molecule has 0 saturated carbocycles. The van der Waals surface area contributed by atoms with E-state index in [4.69, 9.17) is 14.9 Å². The topological polar surface area (TPSA) is 87.7 Å². The number of carbonyl (C=O) groups is 1. The molecule has 0 saturated heterocycles. The standard InChI is InChI=1S/C15H14N4O3.ClH/c1-21-13-9-12(18-19-16)14(22-2)8-11(13)17-15(20)10-6-4-3-5-7-10;/h3-9,16H,1-2H3;1H. The Morgan fingerprint density at radius 3 is 2.17 bits per heavy atom. The summed E-state index contributed by atoms with van der Waals surface area (Å²) in [6.45, 7) is 0. The van der Waals surface area contributed by atoms with Crippen molar-refractivity contribution in [1.29, 1.82) is 5.39 Å². The van der Waals surface area contributed by atoms with Crippen LogP contribution in [0.2, 0.25) is 0 Å². The minimum Gasteiger partial charge on any atom is -1.00 e. The Hall–Kier alpha value is -2.98. The smallest absolute Gasteiger partial charge is 0.308 e. The summed E-state index contributed by atoms with van der Waals surface area (Å²) in [7, 11) is 2.94. The molecular weight excluding hydrogens is 320 g/mol. The molecule has 7 nitrogen and oxygen atoms in total. The van der Waals surface area contributed by atoms with Crippen molar-refractivity contribution in [3.05, 3.63) is 53.1 Å². The lowest BCUT2D eigenvalue weighted by Crippen LogP contribution is -3.00. The Morgan fingerprint density at radius 1 is 1.04 bits per heavy atom. The maximum atomic E-state index is 12.2. The minimum absolute atomic E-state index is 0. The molecule has 0 fully saturated rings. The summed E-state index contributed by atoms with van der Waals surface area (Å²) in [5, 5.41) is 14.2. The fraction of sp³-hybridized carbons (Fsp3) is 0.133. The number of nitrogens with zero attached hydrogens (tertiary/aromatic N) is 2. The van der Waals surface area contributed by atoms with E-state index in [-0.39, 0.29) is 18.3 Å². The third-order valence-corrected chi connectivity index (χ3v) is 2.98. The predicted molar refractivity (Wildman–Crippen MR) is 82.6 cm³/mol. The lowest BCUT2D eigenvalue weighted by Gasteiger charge is -2.13. The van der Waals surface area contributed by atoms with Gasteiger partial charge in [-0.15, -0.1) is 0 Å². The molecule has 0 bridgehead atoms. The van der Waals surface area contributed by atoms with E-state index in [2.05, 4.69) is 15.8 Å². The number of amides is 1. The summed E-state index contributed by atoms with van der Waals surface area (Å²) >= 11 is 0. The second kappa shape index (κ2) is 8.46. The molecule has 0 unspecified atom stereocenters. The zero-order chi connectivity index (χ0) is 15.9. The van der Waals surface area contributed by atoms with E-state index >= 15 is 0 Å². The highest BCUT2D eigenvalue weighted by Crippen LogP contribution is 2.36. The zero-order valence-corrected chi connectivity index (χ0v) is 13.3. The first-order valence-corrected chi connectivity index (χ1v) is 6.42. The van der Waals surface area contributed by atoms with Crippen LogP contribution in [0, 0.1) is 5.39 Å². The molecule has 2 aromatic carbocycles. The number of benzene rings is 2. The average Bonchev–Trinajstić information content (AvgIpc) is 2.56. The van der Waals surface area contributed by atoms with Crippen LogP contribution in [-0.2, 0) is 0 Å². The van der Waals surface area contributed by atoms with Crippen molar-refractivity contribution in [2.24, 2.45) is 0 Å². The van der Waals surface area contributed by atoms with Crippen molar-refractivity contribution in [2.75, 3.05) is 25.0 Å². The zero-order valence-electron chi connectivity index (χ0n) is 12.5. The first kappa shape index (κ1) is 18.1. The summed E-state index contributed by atoms with van der Waals surface area (Å²) in [5.74, 6) is 0.520. The number of hydrogen-bond donors (Lipinski definition) is 2. The van der Waals surface area contributed by atoms with Crippen molar-refractivity contribution in [3.63, 3.8) is 0 Å². The van der Waals surface area contributed by atoms with E-state index in [9.17, 15) is 4.79 Å². The maximum absolute atomic E-state index is 12.2. The lowest BCUT2D eigenvalue weighted by atomic mass is 10.2. The number of hydrogen-bond acceptors (Lipinski definition) is 5. The fourth-order valence-corrected chi connectivity index (χ4v) is 1.92. The van der Waals surface area contributed by atoms with Gasteiger partial charge in [0.1, 0.15) is 5.75 Å².